The average molecular weight is 340 g/mol. The summed E-state index contributed by atoms with van der Waals surface area (Å²) in [5.74, 6) is 1.25. The molecule has 3 rings (SSSR count). The van der Waals surface area contributed by atoms with E-state index < -0.39 is 5.97 Å². The molecule has 0 amide bonds. The number of nitrogens with one attached hydrogen (secondary N) is 1. The molecular weight excluding hydrogens is 316 g/mol. The lowest BCUT2D eigenvalue weighted by Gasteiger charge is -2.06. The molecule has 0 bridgehead atoms. The van der Waals surface area contributed by atoms with Crippen LogP contribution in [-0.4, -0.2) is 22.5 Å². The van der Waals surface area contributed by atoms with Gasteiger partial charge in [-0.05, 0) is 17.9 Å². The summed E-state index contributed by atoms with van der Waals surface area (Å²) in [5.41, 5.74) is 2.07. The standard InChI is InChI=1S/C20H24N2O3/c1-12(2)9-17-22-18(20(23)24-11-13(3)4)19(25-17)15-10-21-16-8-6-5-7-14(15)16/h5-8,10,12-13,21H,9,11H2,1-4H3. The number of ether oxygens (including phenoxy) is 1. The fourth-order valence-electron chi connectivity index (χ4n) is 2.69. The first-order valence-corrected chi connectivity index (χ1v) is 8.69. The number of oxazole rings is 1. The predicted molar refractivity (Wildman–Crippen MR) is 97.5 cm³/mol. The first-order chi connectivity index (χ1) is 12.0. The summed E-state index contributed by atoms with van der Waals surface area (Å²) in [6, 6.07) is 7.91. The second-order valence-electron chi connectivity index (χ2n) is 7.12. The Morgan fingerprint density at radius 2 is 1.96 bits per heavy atom. The number of H-pyrrole nitrogens is 1. The third-order valence-electron chi connectivity index (χ3n) is 3.83. The summed E-state index contributed by atoms with van der Waals surface area (Å²) in [7, 11) is 0. The maximum absolute atomic E-state index is 12.5. The highest BCUT2D eigenvalue weighted by atomic mass is 16.5. The zero-order valence-electron chi connectivity index (χ0n) is 15.1. The van der Waals surface area contributed by atoms with Gasteiger partial charge >= 0.3 is 5.97 Å². The van der Waals surface area contributed by atoms with Crippen molar-refractivity contribution in [2.45, 2.75) is 34.1 Å². The van der Waals surface area contributed by atoms with Crippen molar-refractivity contribution in [3.05, 3.63) is 42.0 Å². The Morgan fingerprint density at radius 1 is 1.20 bits per heavy atom. The van der Waals surface area contributed by atoms with E-state index in [1.807, 2.05) is 44.3 Å². The molecule has 3 aromatic rings. The predicted octanol–water partition coefficient (Wildman–Crippen LogP) is 4.83. The molecule has 2 heterocycles. The van der Waals surface area contributed by atoms with Crippen LogP contribution in [0.5, 0.6) is 0 Å². The van der Waals surface area contributed by atoms with Gasteiger partial charge in [0.2, 0.25) is 0 Å². The zero-order chi connectivity index (χ0) is 18.0. The fourth-order valence-corrected chi connectivity index (χ4v) is 2.69. The minimum atomic E-state index is -0.437. The van der Waals surface area contributed by atoms with E-state index in [0.29, 0.717) is 30.6 Å². The van der Waals surface area contributed by atoms with E-state index in [2.05, 4.69) is 23.8 Å². The molecule has 1 N–H and O–H groups in total. The van der Waals surface area contributed by atoms with Crippen molar-refractivity contribution in [1.29, 1.82) is 0 Å². The number of para-hydroxylation sites is 1. The van der Waals surface area contributed by atoms with Gasteiger partial charge in [-0.25, -0.2) is 9.78 Å². The van der Waals surface area contributed by atoms with Crippen molar-refractivity contribution < 1.29 is 13.9 Å². The highest BCUT2D eigenvalue weighted by Crippen LogP contribution is 2.32. The smallest absolute Gasteiger partial charge is 0.361 e. The van der Waals surface area contributed by atoms with Crippen LogP contribution in [0.15, 0.2) is 34.9 Å². The van der Waals surface area contributed by atoms with Gasteiger partial charge in [0.1, 0.15) is 0 Å². The molecule has 0 spiro atoms. The number of carbonyl (C=O) groups is 1. The van der Waals surface area contributed by atoms with Crippen LogP contribution in [0.3, 0.4) is 0 Å². The van der Waals surface area contributed by atoms with Gasteiger partial charge in [-0.15, -0.1) is 0 Å². The Bertz CT molecular complexity index is 874. The van der Waals surface area contributed by atoms with Crippen LogP contribution in [0, 0.1) is 11.8 Å². The van der Waals surface area contributed by atoms with Crippen molar-refractivity contribution in [3.8, 4) is 11.3 Å². The third kappa shape index (κ3) is 3.76. The van der Waals surface area contributed by atoms with Gasteiger partial charge in [-0.3, -0.25) is 0 Å². The Labute approximate surface area is 147 Å². The Morgan fingerprint density at radius 3 is 2.68 bits per heavy atom. The maximum atomic E-state index is 12.5. The maximum Gasteiger partial charge on any atom is 0.361 e. The summed E-state index contributed by atoms with van der Waals surface area (Å²) in [6.45, 7) is 8.54. The average Bonchev–Trinajstić information content (AvgIpc) is 3.15. The summed E-state index contributed by atoms with van der Waals surface area (Å²) < 4.78 is 11.4. The number of aromatic nitrogens is 2. The second-order valence-corrected chi connectivity index (χ2v) is 7.12. The van der Waals surface area contributed by atoms with E-state index in [4.69, 9.17) is 9.15 Å². The molecule has 0 saturated carbocycles. The number of esters is 1. The van der Waals surface area contributed by atoms with E-state index in [-0.39, 0.29) is 11.6 Å². The largest absolute Gasteiger partial charge is 0.461 e. The number of rotatable bonds is 6. The lowest BCUT2D eigenvalue weighted by molar-refractivity contribution is 0.0453. The van der Waals surface area contributed by atoms with Gasteiger partial charge in [0.15, 0.2) is 17.3 Å². The molecule has 0 aliphatic rings. The van der Waals surface area contributed by atoms with Crippen LogP contribution in [0.25, 0.3) is 22.2 Å². The molecule has 0 fully saturated rings. The van der Waals surface area contributed by atoms with Crippen molar-refractivity contribution >= 4 is 16.9 Å². The lowest BCUT2D eigenvalue weighted by atomic mass is 10.1. The van der Waals surface area contributed by atoms with Crippen molar-refractivity contribution in [1.82, 2.24) is 9.97 Å². The normalized spacial score (nSPS) is 11.6. The van der Waals surface area contributed by atoms with Gasteiger partial charge in [-0.1, -0.05) is 45.9 Å². The van der Waals surface area contributed by atoms with Crippen LogP contribution in [0.4, 0.5) is 0 Å². The van der Waals surface area contributed by atoms with Gasteiger partial charge in [-0.2, -0.15) is 0 Å². The summed E-state index contributed by atoms with van der Waals surface area (Å²) in [5, 5.41) is 0.993. The Balaban J connectivity index is 2.04. The molecule has 5 heteroatoms. The van der Waals surface area contributed by atoms with Crippen LogP contribution in [0.1, 0.15) is 44.1 Å². The molecule has 0 saturated heterocycles. The number of hydrogen-bond donors (Lipinski definition) is 1. The molecule has 1 aromatic carbocycles. The van der Waals surface area contributed by atoms with Gasteiger partial charge < -0.3 is 14.1 Å². The molecule has 2 aromatic heterocycles. The number of carbonyl (C=O) groups excluding carboxylic acids is 1. The van der Waals surface area contributed by atoms with Crippen molar-refractivity contribution in [2.75, 3.05) is 6.61 Å². The molecule has 0 atom stereocenters. The SMILES string of the molecule is CC(C)COC(=O)c1nc(CC(C)C)oc1-c1c[nH]c2ccccc12. The van der Waals surface area contributed by atoms with E-state index in [9.17, 15) is 4.79 Å². The summed E-state index contributed by atoms with van der Waals surface area (Å²) in [4.78, 5) is 20.2. The zero-order valence-corrected chi connectivity index (χ0v) is 15.1. The number of hydrogen-bond acceptors (Lipinski definition) is 4. The third-order valence-corrected chi connectivity index (χ3v) is 3.83. The topological polar surface area (TPSA) is 68.1 Å². The number of nitrogens with zero attached hydrogens (tertiary/aromatic N) is 1. The van der Waals surface area contributed by atoms with Crippen LogP contribution in [0.2, 0.25) is 0 Å². The molecule has 132 valence electrons. The molecule has 0 radical (unpaired) electrons. The second kappa shape index (κ2) is 7.13. The quantitative estimate of drug-likeness (QED) is 0.652. The lowest BCUT2D eigenvalue weighted by Crippen LogP contribution is -2.11. The monoisotopic (exact) mass is 340 g/mol. The molecule has 25 heavy (non-hydrogen) atoms. The van der Waals surface area contributed by atoms with E-state index in [1.165, 1.54) is 0 Å². The van der Waals surface area contributed by atoms with Crippen molar-refractivity contribution in [2.24, 2.45) is 11.8 Å². The van der Waals surface area contributed by atoms with Crippen LogP contribution in [-0.2, 0) is 11.2 Å². The van der Waals surface area contributed by atoms with Crippen LogP contribution < -0.4 is 0 Å². The minimum absolute atomic E-state index is 0.251. The first-order valence-electron chi connectivity index (χ1n) is 8.69. The highest BCUT2D eigenvalue weighted by molar-refractivity contribution is 6.01. The molecule has 0 aliphatic carbocycles. The number of benzene rings is 1. The van der Waals surface area contributed by atoms with E-state index in [0.717, 1.165) is 16.5 Å². The van der Waals surface area contributed by atoms with E-state index in [1.54, 1.807) is 0 Å². The first kappa shape index (κ1) is 17.3. The van der Waals surface area contributed by atoms with Crippen molar-refractivity contribution in [3.63, 3.8) is 0 Å². The summed E-state index contributed by atoms with van der Waals surface area (Å²) >= 11 is 0. The Hall–Kier alpha value is -2.56. The van der Waals surface area contributed by atoms with Gasteiger partial charge in [0.05, 0.1) is 6.61 Å². The van der Waals surface area contributed by atoms with E-state index >= 15 is 0 Å². The fraction of sp³-hybridized carbons (Fsp3) is 0.400. The number of aromatic amines is 1. The molecule has 5 nitrogen and oxygen atoms in total. The minimum Gasteiger partial charge on any atom is -0.461 e. The van der Waals surface area contributed by atoms with Gasteiger partial charge in [0.25, 0.3) is 0 Å². The van der Waals surface area contributed by atoms with Crippen LogP contribution >= 0.6 is 0 Å². The summed E-state index contributed by atoms with van der Waals surface area (Å²) in [6.07, 6.45) is 2.52. The van der Waals surface area contributed by atoms with Gasteiger partial charge in [0, 0.05) is 29.1 Å². The molecular formula is C20H24N2O3. The highest BCUT2D eigenvalue weighted by Gasteiger charge is 2.25. The molecule has 0 aliphatic heterocycles. The molecule has 0 unspecified atom stereocenters. The Kier molecular flexibility index (Phi) is 4.93. The number of fused-ring (bicyclic) bond motifs is 1.